The predicted molar refractivity (Wildman–Crippen MR) is 180 cm³/mol. The van der Waals surface area contributed by atoms with Gasteiger partial charge < -0.3 is 15.0 Å². The number of ether oxygens (including phenoxy) is 1. The molecule has 1 aliphatic carbocycles. The van der Waals surface area contributed by atoms with Gasteiger partial charge in [-0.25, -0.2) is 9.78 Å². The van der Waals surface area contributed by atoms with Crippen molar-refractivity contribution < 1.29 is 19.1 Å². The summed E-state index contributed by atoms with van der Waals surface area (Å²) in [6.45, 7) is 3.90. The fourth-order valence-electron chi connectivity index (χ4n) is 5.75. The molecule has 5 aromatic rings. The molecule has 4 aromatic carbocycles. The Labute approximate surface area is 272 Å². The van der Waals surface area contributed by atoms with Crippen molar-refractivity contribution in [2.24, 2.45) is 0 Å². The van der Waals surface area contributed by atoms with Gasteiger partial charge in [0.1, 0.15) is 17.5 Å². The first kappa shape index (κ1) is 29.3. The summed E-state index contributed by atoms with van der Waals surface area (Å²) in [4.78, 5) is 46.7. The van der Waals surface area contributed by atoms with Crippen molar-refractivity contribution >= 4 is 60.9 Å². The highest BCUT2D eigenvalue weighted by Crippen LogP contribution is 2.47. The van der Waals surface area contributed by atoms with Crippen LogP contribution in [0.3, 0.4) is 0 Å². The van der Waals surface area contributed by atoms with Crippen LogP contribution in [0.25, 0.3) is 21.3 Å². The molecule has 1 saturated heterocycles. The van der Waals surface area contributed by atoms with E-state index in [4.69, 9.17) is 9.72 Å². The summed E-state index contributed by atoms with van der Waals surface area (Å²) in [5, 5.41) is 2.34. The highest BCUT2D eigenvalue weighted by Gasteiger charge is 2.53. The topological polar surface area (TPSA) is 88.6 Å². The minimum absolute atomic E-state index is 0.139. The maximum atomic E-state index is 13.8. The normalized spacial score (nSPS) is 17.7. The lowest BCUT2D eigenvalue weighted by Gasteiger charge is -2.48. The first-order valence-corrected chi connectivity index (χ1v) is 17.4. The van der Waals surface area contributed by atoms with E-state index >= 15 is 0 Å². The number of aromatic nitrogens is 1. The number of esters is 1. The lowest BCUT2D eigenvalue weighted by molar-refractivity contribution is -0.164. The van der Waals surface area contributed by atoms with Gasteiger partial charge in [-0.2, -0.15) is 0 Å². The quantitative estimate of drug-likeness (QED) is 0.0771. The molecular formula is C35H27N3O4S3. The van der Waals surface area contributed by atoms with Crippen LogP contribution < -0.4 is 5.32 Å². The van der Waals surface area contributed by atoms with Gasteiger partial charge in [-0.3, -0.25) is 9.59 Å². The second-order valence-electron chi connectivity index (χ2n) is 10.6. The third kappa shape index (κ3) is 5.65. The van der Waals surface area contributed by atoms with E-state index in [2.05, 4.69) is 11.9 Å². The molecule has 7 nitrogen and oxygen atoms in total. The summed E-state index contributed by atoms with van der Waals surface area (Å²) in [7, 11) is 2.80. The summed E-state index contributed by atoms with van der Waals surface area (Å²) in [5.41, 5.74) is 5.56. The molecule has 1 aliphatic heterocycles. The molecule has 0 bridgehead atoms. The second-order valence-corrected chi connectivity index (χ2v) is 14.2. The zero-order valence-corrected chi connectivity index (χ0v) is 26.3. The minimum Gasteiger partial charge on any atom is -0.451 e. The lowest BCUT2D eigenvalue weighted by Crippen LogP contribution is -2.72. The summed E-state index contributed by atoms with van der Waals surface area (Å²) >= 11 is 1.55. The average Bonchev–Trinajstić information content (AvgIpc) is 3.63. The number of nitrogens with zero attached hydrogens (tertiary/aromatic N) is 2. The largest absolute Gasteiger partial charge is 0.451 e. The number of fused-ring (bicyclic) bond motifs is 4. The maximum Gasteiger partial charge on any atom is 0.333 e. The zero-order chi connectivity index (χ0) is 30.9. The van der Waals surface area contributed by atoms with Gasteiger partial charge in [-0.1, -0.05) is 108 Å². The molecule has 0 saturated carbocycles. The molecule has 1 fully saturated rings. The van der Waals surface area contributed by atoms with Crippen LogP contribution in [0.2, 0.25) is 0 Å². The molecule has 7 rings (SSSR count). The van der Waals surface area contributed by atoms with Crippen molar-refractivity contribution in [1.82, 2.24) is 15.2 Å². The number of carbonyl (C=O) groups excluding carboxylic acids is 3. The van der Waals surface area contributed by atoms with Gasteiger partial charge in [0.15, 0.2) is 10.4 Å². The summed E-state index contributed by atoms with van der Waals surface area (Å²) < 4.78 is 8.02. The van der Waals surface area contributed by atoms with Crippen molar-refractivity contribution in [3.05, 3.63) is 132 Å². The van der Waals surface area contributed by atoms with E-state index in [9.17, 15) is 14.4 Å². The third-order valence-electron chi connectivity index (χ3n) is 7.87. The van der Waals surface area contributed by atoms with Crippen LogP contribution in [-0.4, -0.2) is 45.1 Å². The van der Waals surface area contributed by atoms with Crippen LogP contribution in [0.15, 0.2) is 120 Å². The van der Waals surface area contributed by atoms with Crippen molar-refractivity contribution in [1.29, 1.82) is 0 Å². The summed E-state index contributed by atoms with van der Waals surface area (Å²) in [5.74, 6) is -1.22. The van der Waals surface area contributed by atoms with E-state index < -0.39 is 29.5 Å². The van der Waals surface area contributed by atoms with Gasteiger partial charge in [-0.05, 0) is 39.6 Å². The van der Waals surface area contributed by atoms with Gasteiger partial charge in [0.2, 0.25) is 11.8 Å². The van der Waals surface area contributed by atoms with Crippen molar-refractivity contribution in [3.63, 3.8) is 0 Å². The average molecular weight is 650 g/mol. The Bertz CT molecular complexity index is 1850. The fourth-order valence-corrected chi connectivity index (χ4v) is 9.71. The Morgan fingerprint density at radius 3 is 2.27 bits per heavy atom. The molecule has 3 unspecified atom stereocenters. The molecule has 1 aromatic heterocycles. The Kier molecular flexibility index (Phi) is 8.18. The first-order chi connectivity index (χ1) is 22.0. The zero-order valence-electron chi connectivity index (χ0n) is 23.9. The van der Waals surface area contributed by atoms with Crippen LogP contribution in [-0.2, 0) is 25.5 Å². The van der Waals surface area contributed by atoms with Crippen molar-refractivity contribution in [3.8, 4) is 11.1 Å². The Balaban J connectivity index is 1.12. The molecule has 0 radical (unpaired) electrons. The van der Waals surface area contributed by atoms with Gasteiger partial charge in [0, 0.05) is 11.1 Å². The first-order valence-electron chi connectivity index (χ1n) is 14.4. The van der Waals surface area contributed by atoms with Gasteiger partial charge in [-0.15, -0.1) is 17.9 Å². The number of hydrogen-bond acceptors (Lipinski definition) is 8. The number of rotatable bonds is 10. The molecule has 2 heterocycles. The van der Waals surface area contributed by atoms with E-state index in [1.165, 1.54) is 32.6 Å². The molecule has 0 spiro atoms. The molecule has 10 heteroatoms. The van der Waals surface area contributed by atoms with E-state index in [-0.39, 0.29) is 18.2 Å². The maximum absolute atomic E-state index is 13.8. The van der Waals surface area contributed by atoms with Gasteiger partial charge in [0.25, 0.3) is 0 Å². The predicted octanol–water partition coefficient (Wildman–Crippen LogP) is 6.80. The smallest absolute Gasteiger partial charge is 0.333 e. The molecule has 45 heavy (non-hydrogen) atoms. The fraction of sp³-hybridized carbons (Fsp3) is 0.143. The SMILES string of the molecule is C=CC(C(=O)OC1c2ccccc2-c2ccccc21)N1C(=O)C(NC(=O)Cc2ccccc2)C1SSc1nc2ccccc2s1. The number of benzene rings is 4. The van der Waals surface area contributed by atoms with Crippen LogP contribution in [0.1, 0.15) is 22.8 Å². The van der Waals surface area contributed by atoms with Gasteiger partial charge in [0.05, 0.1) is 16.6 Å². The van der Waals surface area contributed by atoms with Crippen LogP contribution in [0.4, 0.5) is 0 Å². The van der Waals surface area contributed by atoms with Crippen LogP contribution >= 0.6 is 32.9 Å². The molecular weight excluding hydrogens is 623 g/mol. The van der Waals surface area contributed by atoms with Gasteiger partial charge >= 0.3 is 5.97 Å². The molecule has 3 atom stereocenters. The van der Waals surface area contributed by atoms with E-state index in [0.29, 0.717) is 0 Å². The second kappa shape index (κ2) is 12.5. The molecule has 224 valence electrons. The third-order valence-corrected chi connectivity index (χ3v) is 11.9. The molecule has 2 amide bonds. The van der Waals surface area contributed by atoms with Crippen molar-refractivity contribution in [2.75, 3.05) is 0 Å². The number of para-hydroxylation sites is 1. The summed E-state index contributed by atoms with van der Waals surface area (Å²) in [6, 6.07) is 31.1. The van der Waals surface area contributed by atoms with Crippen molar-refractivity contribution in [2.45, 2.75) is 34.3 Å². The number of amides is 2. The number of carbonyl (C=O) groups is 3. The van der Waals surface area contributed by atoms with E-state index in [1.54, 1.807) is 11.3 Å². The van der Waals surface area contributed by atoms with Crippen LogP contribution in [0, 0.1) is 0 Å². The number of likely N-dealkylation sites (tertiary alicyclic amines) is 1. The van der Waals surface area contributed by atoms with E-state index in [1.807, 2.05) is 103 Å². The minimum atomic E-state index is -1.05. The molecule has 2 aliphatic rings. The monoisotopic (exact) mass is 649 g/mol. The Hall–Kier alpha value is -4.38. The van der Waals surface area contributed by atoms with Crippen LogP contribution in [0.5, 0.6) is 0 Å². The molecule has 1 N–H and O–H groups in total. The number of β-lactam (4-membered cyclic amide) rings is 1. The lowest BCUT2D eigenvalue weighted by atomic mass is 10.0. The Morgan fingerprint density at radius 2 is 1.58 bits per heavy atom. The van der Waals surface area contributed by atoms with E-state index in [0.717, 1.165) is 42.4 Å². The highest BCUT2D eigenvalue weighted by atomic mass is 33.1. The summed E-state index contributed by atoms with van der Waals surface area (Å²) in [6.07, 6.45) is 0.971. The number of hydrogen-bond donors (Lipinski definition) is 1. The highest BCUT2D eigenvalue weighted by molar-refractivity contribution is 8.77. The standard InChI is InChI=1S/C35H27N3O4S3/c1-2-27(34(41)42-31-24-16-8-6-14-22(24)23-15-7-9-17-25(23)31)38-32(40)30(37-29(39)20-21-12-4-3-5-13-21)33(38)44-45-35-36-26-18-10-11-19-28(26)43-35/h2-19,27,30-31,33H,1,20H2,(H,37,39). The Morgan fingerprint density at radius 1 is 0.933 bits per heavy atom. The number of thiazole rings is 1. The number of nitrogens with one attached hydrogen (secondary N) is 1.